The molecular formula is C21H24N4OS. The van der Waals surface area contributed by atoms with Crippen LogP contribution in [0.1, 0.15) is 48.6 Å². The second-order valence-electron chi connectivity index (χ2n) is 7.90. The van der Waals surface area contributed by atoms with Crippen molar-refractivity contribution in [2.24, 2.45) is 5.73 Å². The molecule has 27 heavy (non-hydrogen) atoms. The zero-order valence-corrected chi connectivity index (χ0v) is 16.3. The number of hydrogen-bond acceptors (Lipinski definition) is 4. The third-order valence-electron chi connectivity index (χ3n) is 6.41. The van der Waals surface area contributed by atoms with Crippen molar-refractivity contribution in [3.8, 4) is 10.4 Å². The summed E-state index contributed by atoms with van der Waals surface area (Å²) in [6.45, 7) is 0. The predicted octanol–water partition coefficient (Wildman–Crippen LogP) is 4.05. The molecule has 2 N–H and O–H groups in total. The van der Waals surface area contributed by atoms with E-state index >= 15 is 0 Å². The summed E-state index contributed by atoms with van der Waals surface area (Å²) in [6, 6.07) is 12.0. The number of carbonyl (C=O) groups excluding carboxylic acids is 1. The van der Waals surface area contributed by atoms with Gasteiger partial charge in [0.15, 0.2) is 5.69 Å². The van der Waals surface area contributed by atoms with Crippen LogP contribution in [0.4, 0.5) is 0 Å². The lowest BCUT2D eigenvalue weighted by Crippen LogP contribution is -2.50. The number of amides is 1. The number of fused-ring (bicyclic) bond motifs is 3. The van der Waals surface area contributed by atoms with Gasteiger partial charge in [-0.25, -0.2) is 0 Å². The molecule has 2 fully saturated rings. The molecule has 5 rings (SSSR count). The van der Waals surface area contributed by atoms with Crippen molar-refractivity contribution < 1.29 is 4.79 Å². The van der Waals surface area contributed by atoms with Crippen LogP contribution < -0.4 is 5.73 Å². The van der Waals surface area contributed by atoms with Crippen LogP contribution in [0.25, 0.3) is 21.3 Å². The van der Waals surface area contributed by atoms with Crippen molar-refractivity contribution in [3.05, 3.63) is 41.4 Å². The number of hydrogen-bond donors (Lipinski definition) is 1. The molecule has 2 unspecified atom stereocenters. The molecule has 1 aromatic carbocycles. The van der Waals surface area contributed by atoms with Crippen LogP contribution in [-0.4, -0.2) is 39.7 Å². The Bertz CT molecular complexity index is 979. The smallest absolute Gasteiger partial charge is 0.269 e. The maximum absolute atomic E-state index is 12.0. The van der Waals surface area contributed by atoms with Gasteiger partial charge in [-0.3, -0.25) is 9.48 Å². The zero-order chi connectivity index (χ0) is 18.5. The molecule has 140 valence electrons. The number of piperidine rings is 2. The molecule has 1 amide bonds. The quantitative estimate of drug-likeness (QED) is 0.745. The second kappa shape index (κ2) is 6.46. The van der Waals surface area contributed by atoms with Gasteiger partial charge >= 0.3 is 0 Å². The molecule has 0 spiro atoms. The number of carbonyl (C=O) groups is 1. The predicted molar refractivity (Wildman–Crippen MR) is 109 cm³/mol. The van der Waals surface area contributed by atoms with Crippen molar-refractivity contribution in [2.75, 3.05) is 7.05 Å². The van der Waals surface area contributed by atoms with Gasteiger partial charge in [-0.15, -0.1) is 11.3 Å². The average molecular weight is 381 g/mol. The number of thiophene rings is 1. The number of benzene rings is 1. The molecule has 5 nitrogen and oxygen atoms in total. The van der Waals surface area contributed by atoms with E-state index in [4.69, 9.17) is 10.8 Å². The molecule has 0 radical (unpaired) electrons. The molecule has 2 aromatic heterocycles. The van der Waals surface area contributed by atoms with Gasteiger partial charge in [0.2, 0.25) is 0 Å². The fourth-order valence-electron chi connectivity index (χ4n) is 4.98. The number of rotatable bonds is 3. The van der Waals surface area contributed by atoms with Crippen molar-refractivity contribution in [2.45, 2.75) is 50.2 Å². The number of nitrogens with two attached hydrogens (primary N) is 1. The topological polar surface area (TPSA) is 64.2 Å². The third kappa shape index (κ3) is 2.78. The number of nitrogens with zero attached hydrogens (tertiary/aromatic N) is 3. The minimum Gasteiger partial charge on any atom is -0.364 e. The minimum absolute atomic E-state index is 0.325. The molecule has 2 atom stereocenters. The van der Waals surface area contributed by atoms with Crippen LogP contribution >= 0.6 is 11.3 Å². The van der Waals surface area contributed by atoms with Crippen molar-refractivity contribution in [1.82, 2.24) is 14.7 Å². The van der Waals surface area contributed by atoms with Gasteiger partial charge in [-0.1, -0.05) is 18.6 Å². The van der Waals surface area contributed by atoms with Crippen molar-refractivity contribution >= 4 is 28.1 Å². The van der Waals surface area contributed by atoms with Crippen molar-refractivity contribution in [1.29, 1.82) is 0 Å². The standard InChI is InChI=1S/C21H24N4OS/c1-24-14-4-2-5-15(24)12-16(11-14)25-18-10-13(19-6-3-9-27-19)7-8-17(18)20(23-25)21(22)26/h3,6-10,14-16H,2,4-5,11-12H2,1H3,(H2,22,26). The minimum atomic E-state index is -0.448. The van der Waals surface area contributed by atoms with Crippen LogP contribution in [-0.2, 0) is 0 Å². The van der Waals surface area contributed by atoms with Crippen LogP contribution in [0.5, 0.6) is 0 Å². The molecule has 2 bridgehead atoms. The van der Waals surface area contributed by atoms with E-state index in [2.05, 4.69) is 46.3 Å². The normalized spacial score (nSPS) is 25.7. The van der Waals surface area contributed by atoms with E-state index in [1.807, 2.05) is 6.07 Å². The van der Waals surface area contributed by atoms with E-state index in [1.165, 1.54) is 29.7 Å². The summed E-state index contributed by atoms with van der Waals surface area (Å²) in [7, 11) is 2.26. The fraction of sp³-hybridized carbons (Fsp3) is 0.429. The first kappa shape index (κ1) is 17.0. The zero-order valence-electron chi connectivity index (χ0n) is 15.5. The number of primary amides is 1. The van der Waals surface area contributed by atoms with Crippen LogP contribution in [0.2, 0.25) is 0 Å². The molecule has 2 saturated heterocycles. The van der Waals surface area contributed by atoms with E-state index in [9.17, 15) is 4.79 Å². The summed E-state index contributed by atoms with van der Waals surface area (Å²) >= 11 is 1.72. The highest BCUT2D eigenvalue weighted by molar-refractivity contribution is 7.13. The molecule has 0 saturated carbocycles. The van der Waals surface area contributed by atoms with Gasteiger partial charge in [-0.2, -0.15) is 5.10 Å². The molecule has 3 aromatic rings. The average Bonchev–Trinajstić information content (AvgIpc) is 3.29. The summed E-state index contributed by atoms with van der Waals surface area (Å²) in [6.07, 6.45) is 6.01. The molecule has 6 heteroatoms. The lowest BCUT2D eigenvalue weighted by Gasteiger charge is -2.47. The highest BCUT2D eigenvalue weighted by Crippen LogP contribution is 2.40. The van der Waals surface area contributed by atoms with Crippen LogP contribution in [0.3, 0.4) is 0 Å². The Morgan fingerprint density at radius 3 is 2.63 bits per heavy atom. The van der Waals surface area contributed by atoms with Gasteiger partial charge < -0.3 is 10.6 Å². The maximum atomic E-state index is 12.0. The van der Waals surface area contributed by atoms with E-state index in [0.29, 0.717) is 23.8 Å². The van der Waals surface area contributed by atoms with Gasteiger partial charge in [-0.05, 0) is 61.9 Å². The highest BCUT2D eigenvalue weighted by atomic mass is 32.1. The largest absolute Gasteiger partial charge is 0.364 e. The summed E-state index contributed by atoms with van der Waals surface area (Å²) in [4.78, 5) is 15.8. The summed E-state index contributed by atoms with van der Waals surface area (Å²) in [5.74, 6) is -0.448. The fourth-order valence-corrected chi connectivity index (χ4v) is 5.70. The Morgan fingerprint density at radius 1 is 1.19 bits per heavy atom. The SMILES string of the molecule is CN1C2CCCC1CC(n1nc(C(N)=O)c3ccc(-c4cccs4)cc31)C2. The van der Waals surface area contributed by atoms with Gasteiger partial charge in [0.1, 0.15) is 0 Å². The molecule has 2 aliphatic heterocycles. The van der Waals surface area contributed by atoms with Gasteiger partial charge in [0.05, 0.1) is 11.6 Å². The van der Waals surface area contributed by atoms with Gasteiger partial charge in [0, 0.05) is 22.3 Å². The Kier molecular flexibility index (Phi) is 4.06. The lowest BCUT2D eigenvalue weighted by molar-refractivity contribution is 0.0379. The Labute approximate surface area is 162 Å². The Hall–Kier alpha value is -2.18. The molecule has 0 aliphatic carbocycles. The van der Waals surface area contributed by atoms with Crippen molar-refractivity contribution in [3.63, 3.8) is 0 Å². The van der Waals surface area contributed by atoms with E-state index in [-0.39, 0.29) is 0 Å². The van der Waals surface area contributed by atoms with Gasteiger partial charge in [0.25, 0.3) is 5.91 Å². The first-order valence-electron chi connectivity index (χ1n) is 9.69. The summed E-state index contributed by atoms with van der Waals surface area (Å²) in [5, 5.41) is 7.67. The van der Waals surface area contributed by atoms with E-state index in [0.717, 1.165) is 23.7 Å². The maximum Gasteiger partial charge on any atom is 0.269 e. The Balaban J connectivity index is 1.62. The summed E-state index contributed by atoms with van der Waals surface area (Å²) in [5.41, 5.74) is 8.24. The van der Waals surface area contributed by atoms with E-state index < -0.39 is 5.91 Å². The first-order chi connectivity index (χ1) is 13.1. The molecule has 4 heterocycles. The Morgan fingerprint density at radius 2 is 1.96 bits per heavy atom. The molecule has 2 aliphatic rings. The second-order valence-corrected chi connectivity index (χ2v) is 8.84. The lowest BCUT2D eigenvalue weighted by atomic mass is 9.82. The highest BCUT2D eigenvalue weighted by Gasteiger charge is 2.37. The summed E-state index contributed by atoms with van der Waals surface area (Å²) < 4.78 is 2.10. The third-order valence-corrected chi connectivity index (χ3v) is 7.33. The number of aromatic nitrogens is 2. The monoisotopic (exact) mass is 380 g/mol. The first-order valence-corrected chi connectivity index (χ1v) is 10.6. The van der Waals surface area contributed by atoms with Crippen LogP contribution in [0, 0.1) is 0 Å². The van der Waals surface area contributed by atoms with E-state index in [1.54, 1.807) is 11.3 Å². The van der Waals surface area contributed by atoms with Crippen LogP contribution in [0.15, 0.2) is 35.7 Å². The molecular weight excluding hydrogens is 356 g/mol.